The van der Waals surface area contributed by atoms with Gasteiger partial charge in [-0.3, -0.25) is 9.20 Å². The van der Waals surface area contributed by atoms with Gasteiger partial charge in [-0.15, -0.1) is 21.5 Å². The Kier molecular flexibility index (Phi) is 2.81. The van der Waals surface area contributed by atoms with E-state index in [0.717, 1.165) is 29.5 Å². The molecule has 0 bridgehead atoms. The lowest BCUT2D eigenvalue weighted by molar-refractivity contribution is 0.413. The van der Waals surface area contributed by atoms with Crippen LogP contribution in [0.3, 0.4) is 0 Å². The van der Waals surface area contributed by atoms with Crippen molar-refractivity contribution < 1.29 is 4.74 Å². The molecule has 0 unspecified atom stereocenters. The highest BCUT2D eigenvalue weighted by molar-refractivity contribution is 7.19. The lowest BCUT2D eigenvalue weighted by Crippen LogP contribution is -2.22. The monoisotopic (exact) mass is 338 g/mol. The van der Waals surface area contributed by atoms with Crippen molar-refractivity contribution in [1.29, 1.82) is 0 Å². The zero-order valence-electron chi connectivity index (χ0n) is 13.0. The molecule has 7 heteroatoms. The number of methoxy groups -OCH3 is 1. The first-order chi connectivity index (χ1) is 11.8. The molecular formula is C17H14N4O2S. The Bertz CT molecular complexity index is 1150. The second-order valence-electron chi connectivity index (χ2n) is 5.85. The molecule has 6 nitrogen and oxygen atoms in total. The summed E-state index contributed by atoms with van der Waals surface area (Å²) < 4.78 is 8.97. The van der Waals surface area contributed by atoms with Gasteiger partial charge in [0, 0.05) is 4.88 Å². The highest BCUT2D eigenvalue weighted by Crippen LogP contribution is 2.36. The molecule has 3 aromatic heterocycles. The normalized spacial score (nSPS) is 13.7. The van der Waals surface area contributed by atoms with Crippen LogP contribution in [0.25, 0.3) is 21.7 Å². The second-order valence-corrected chi connectivity index (χ2v) is 6.93. The number of nitrogens with zero attached hydrogens (tertiary/aromatic N) is 4. The zero-order valence-corrected chi connectivity index (χ0v) is 13.8. The predicted octanol–water partition coefficient (Wildman–Crippen LogP) is 2.59. The van der Waals surface area contributed by atoms with Crippen LogP contribution in [0.4, 0.5) is 0 Å². The van der Waals surface area contributed by atoms with Gasteiger partial charge < -0.3 is 4.74 Å². The minimum absolute atomic E-state index is 0.0469. The SMILES string of the molecule is COc1ccccc1-n1c(=O)c2c3c(sc2n2cnnc12)CCC3. The van der Waals surface area contributed by atoms with E-state index in [-0.39, 0.29) is 5.56 Å². The van der Waals surface area contributed by atoms with Crippen LogP contribution in [-0.2, 0) is 12.8 Å². The molecule has 24 heavy (non-hydrogen) atoms. The predicted molar refractivity (Wildman–Crippen MR) is 92.5 cm³/mol. The summed E-state index contributed by atoms with van der Waals surface area (Å²) in [4.78, 5) is 15.6. The van der Waals surface area contributed by atoms with Gasteiger partial charge >= 0.3 is 0 Å². The third-order valence-electron chi connectivity index (χ3n) is 4.59. The Hall–Kier alpha value is -2.67. The lowest BCUT2D eigenvalue weighted by atomic mass is 10.2. The molecule has 0 saturated carbocycles. The van der Waals surface area contributed by atoms with Gasteiger partial charge in [-0.25, -0.2) is 4.57 Å². The minimum atomic E-state index is -0.0469. The summed E-state index contributed by atoms with van der Waals surface area (Å²) in [6.07, 6.45) is 4.80. The topological polar surface area (TPSA) is 61.4 Å². The van der Waals surface area contributed by atoms with Gasteiger partial charge in [-0.2, -0.15) is 0 Å². The van der Waals surface area contributed by atoms with Crippen molar-refractivity contribution in [2.24, 2.45) is 0 Å². The lowest BCUT2D eigenvalue weighted by Gasteiger charge is -2.12. The number of hydrogen-bond donors (Lipinski definition) is 0. The maximum absolute atomic E-state index is 13.4. The van der Waals surface area contributed by atoms with E-state index in [1.807, 2.05) is 28.7 Å². The first-order valence-electron chi connectivity index (χ1n) is 7.82. The molecule has 3 heterocycles. The highest BCUT2D eigenvalue weighted by atomic mass is 32.1. The van der Waals surface area contributed by atoms with Crippen molar-refractivity contribution in [3.63, 3.8) is 0 Å². The van der Waals surface area contributed by atoms with E-state index >= 15 is 0 Å². The largest absolute Gasteiger partial charge is 0.495 e. The molecule has 0 atom stereocenters. The van der Waals surface area contributed by atoms with Gasteiger partial charge in [0.1, 0.15) is 16.9 Å². The maximum Gasteiger partial charge on any atom is 0.268 e. The standard InChI is InChI=1S/C17H14N4O2S/c1-23-12-7-3-2-6-11(12)21-15(22)14-10-5-4-8-13(10)24-16(14)20-9-18-19-17(20)21/h2-3,6-7,9H,4-5,8H2,1H3. The molecule has 0 spiro atoms. The molecule has 1 aliphatic rings. The summed E-state index contributed by atoms with van der Waals surface area (Å²) >= 11 is 1.69. The van der Waals surface area contributed by atoms with Crippen LogP contribution in [0.1, 0.15) is 16.9 Å². The molecule has 0 fully saturated rings. The number of aromatic nitrogens is 4. The summed E-state index contributed by atoms with van der Waals surface area (Å²) in [7, 11) is 1.60. The van der Waals surface area contributed by atoms with E-state index in [1.165, 1.54) is 10.4 Å². The average Bonchev–Trinajstić information content (AvgIpc) is 3.29. The molecular weight excluding hydrogens is 324 g/mol. The van der Waals surface area contributed by atoms with Crippen LogP contribution < -0.4 is 10.3 Å². The van der Waals surface area contributed by atoms with E-state index in [1.54, 1.807) is 29.3 Å². The van der Waals surface area contributed by atoms with Crippen LogP contribution in [-0.4, -0.2) is 26.3 Å². The molecule has 0 N–H and O–H groups in total. The van der Waals surface area contributed by atoms with Gasteiger partial charge in [0.05, 0.1) is 18.2 Å². The molecule has 0 aliphatic heterocycles. The van der Waals surface area contributed by atoms with Gasteiger partial charge in [0.25, 0.3) is 5.56 Å². The quantitative estimate of drug-likeness (QED) is 0.564. The molecule has 0 saturated heterocycles. The van der Waals surface area contributed by atoms with E-state index in [0.29, 0.717) is 17.2 Å². The Balaban J connectivity index is 1.99. The Labute approximate surface area is 140 Å². The fourth-order valence-corrected chi connectivity index (χ4v) is 4.89. The van der Waals surface area contributed by atoms with E-state index in [4.69, 9.17) is 4.74 Å². The van der Waals surface area contributed by atoms with Crippen molar-refractivity contribution in [1.82, 2.24) is 19.2 Å². The van der Waals surface area contributed by atoms with Crippen molar-refractivity contribution in [2.75, 3.05) is 7.11 Å². The number of para-hydroxylation sites is 2. The zero-order chi connectivity index (χ0) is 16.3. The van der Waals surface area contributed by atoms with E-state index < -0.39 is 0 Å². The van der Waals surface area contributed by atoms with Crippen LogP contribution in [0.15, 0.2) is 35.4 Å². The van der Waals surface area contributed by atoms with E-state index in [2.05, 4.69) is 10.2 Å². The molecule has 1 aromatic carbocycles. The van der Waals surface area contributed by atoms with Crippen molar-refractivity contribution in [3.8, 4) is 11.4 Å². The van der Waals surface area contributed by atoms with Crippen molar-refractivity contribution in [2.45, 2.75) is 19.3 Å². The number of hydrogen-bond acceptors (Lipinski definition) is 5. The Morgan fingerprint density at radius 1 is 1.25 bits per heavy atom. The number of fused-ring (bicyclic) bond motifs is 5. The molecule has 5 rings (SSSR count). The average molecular weight is 338 g/mol. The summed E-state index contributed by atoms with van der Waals surface area (Å²) in [5.74, 6) is 1.15. The summed E-state index contributed by atoms with van der Waals surface area (Å²) in [5, 5.41) is 9.02. The smallest absolute Gasteiger partial charge is 0.268 e. The maximum atomic E-state index is 13.4. The number of ether oxygens (including phenoxy) is 1. The van der Waals surface area contributed by atoms with Crippen LogP contribution in [0.2, 0.25) is 0 Å². The van der Waals surface area contributed by atoms with Crippen LogP contribution in [0.5, 0.6) is 5.75 Å². The summed E-state index contributed by atoms with van der Waals surface area (Å²) in [6, 6.07) is 7.48. The molecule has 0 radical (unpaired) electrons. The number of rotatable bonds is 2. The first-order valence-corrected chi connectivity index (χ1v) is 8.63. The molecule has 1 aliphatic carbocycles. The Morgan fingerprint density at radius 3 is 3.00 bits per heavy atom. The van der Waals surface area contributed by atoms with Gasteiger partial charge in [0.15, 0.2) is 0 Å². The first kappa shape index (κ1) is 13.7. The van der Waals surface area contributed by atoms with Gasteiger partial charge in [0.2, 0.25) is 5.78 Å². The van der Waals surface area contributed by atoms with Crippen LogP contribution in [0, 0.1) is 0 Å². The highest BCUT2D eigenvalue weighted by Gasteiger charge is 2.25. The molecule has 120 valence electrons. The molecule has 0 amide bonds. The summed E-state index contributed by atoms with van der Waals surface area (Å²) in [5.41, 5.74) is 1.83. The fourth-order valence-electron chi connectivity index (χ4n) is 3.54. The fraction of sp³-hybridized carbons (Fsp3) is 0.235. The van der Waals surface area contributed by atoms with Gasteiger partial charge in [-0.05, 0) is 37.0 Å². The number of thiophene rings is 1. The third-order valence-corrected chi connectivity index (χ3v) is 5.89. The van der Waals surface area contributed by atoms with Gasteiger partial charge in [-0.1, -0.05) is 12.1 Å². The Morgan fingerprint density at radius 2 is 2.12 bits per heavy atom. The van der Waals surface area contributed by atoms with Crippen molar-refractivity contribution >= 4 is 27.3 Å². The summed E-state index contributed by atoms with van der Waals surface area (Å²) in [6.45, 7) is 0. The second kappa shape index (κ2) is 4.91. The van der Waals surface area contributed by atoms with E-state index in [9.17, 15) is 4.79 Å². The van der Waals surface area contributed by atoms with Crippen LogP contribution >= 0.6 is 11.3 Å². The third kappa shape index (κ3) is 1.67. The minimum Gasteiger partial charge on any atom is -0.495 e. The van der Waals surface area contributed by atoms with Crippen molar-refractivity contribution in [3.05, 3.63) is 51.4 Å². The number of aryl methyl sites for hydroxylation is 2. The number of benzene rings is 1. The molecule has 4 aromatic rings.